The van der Waals surface area contributed by atoms with Gasteiger partial charge in [-0.3, -0.25) is 0 Å². The van der Waals surface area contributed by atoms with Crippen molar-refractivity contribution >= 4 is 62.2 Å². The van der Waals surface area contributed by atoms with E-state index in [1.54, 1.807) is 0 Å². The van der Waals surface area contributed by atoms with Gasteiger partial charge in [0, 0.05) is 0 Å². The molecule has 178 valence electrons. The first-order chi connectivity index (χ1) is 17.6. The van der Waals surface area contributed by atoms with Crippen LogP contribution in [0.1, 0.15) is 18.1 Å². The number of hydrogen-bond acceptors (Lipinski definition) is 5. The summed E-state index contributed by atoms with van der Waals surface area (Å²) in [5.41, 5.74) is 3.79. The highest BCUT2D eigenvalue weighted by Crippen LogP contribution is 2.37. The molecule has 1 N–H and O–H groups in total. The Bertz CT molecular complexity index is 1580. The second-order valence-electron chi connectivity index (χ2n) is 7.97. The summed E-state index contributed by atoms with van der Waals surface area (Å²) < 4.78 is 13.1. The van der Waals surface area contributed by atoms with Gasteiger partial charge >= 0.3 is 0 Å². The molecule has 0 spiro atoms. The van der Waals surface area contributed by atoms with E-state index in [2.05, 4.69) is 62.9 Å². The van der Waals surface area contributed by atoms with Crippen LogP contribution in [-0.2, 0) is 6.61 Å². The summed E-state index contributed by atoms with van der Waals surface area (Å²) in [6.07, 6.45) is 1.84. The predicted octanol–water partition coefficient (Wildman–Crippen LogP) is 7.96. The van der Waals surface area contributed by atoms with Crippen molar-refractivity contribution in [3.63, 3.8) is 0 Å². The van der Waals surface area contributed by atoms with Crippen LogP contribution in [0.15, 0.2) is 88.9 Å². The van der Waals surface area contributed by atoms with Gasteiger partial charge in [0.15, 0.2) is 16.7 Å². The predicted molar refractivity (Wildman–Crippen MR) is 154 cm³/mol. The summed E-state index contributed by atoms with van der Waals surface area (Å²) in [5.74, 6) is 1.35. The van der Waals surface area contributed by atoms with Crippen molar-refractivity contribution in [3.05, 3.63) is 98.5 Å². The van der Waals surface area contributed by atoms with E-state index in [4.69, 9.17) is 9.47 Å². The van der Waals surface area contributed by atoms with Crippen LogP contribution < -0.4 is 9.47 Å². The third-order valence-corrected chi connectivity index (χ3v) is 7.18. The van der Waals surface area contributed by atoms with Crippen molar-refractivity contribution < 1.29 is 9.47 Å². The minimum absolute atomic E-state index is 0.429. The van der Waals surface area contributed by atoms with Gasteiger partial charge in [-0.1, -0.05) is 54.6 Å². The molecule has 0 bridgehead atoms. The average molecular weight is 603 g/mol. The fourth-order valence-electron chi connectivity index (χ4n) is 3.96. The summed E-state index contributed by atoms with van der Waals surface area (Å²) >= 11 is 3.57. The molecule has 5 aromatic rings. The molecule has 0 saturated carbocycles. The Morgan fingerprint density at radius 2 is 1.86 bits per heavy atom. The molecule has 0 radical (unpaired) electrons. The van der Waals surface area contributed by atoms with Gasteiger partial charge in [0.2, 0.25) is 0 Å². The standard InChI is InChI=1S/C29H22IN3O2S/c1-2-34-27-16-19(14-22(17-31)36-29-32-25-12-5-6-13-26(25)33-29)15-24(30)28(27)35-18-21-10-7-9-20-8-3-4-11-23(20)21/h3-16H,2,18H2,1H3,(H,32,33)/b22-14+. The molecule has 1 heterocycles. The molecule has 0 fully saturated rings. The lowest BCUT2D eigenvalue weighted by atomic mass is 10.1. The number of halogens is 1. The molecule has 0 aliphatic heterocycles. The lowest BCUT2D eigenvalue weighted by Crippen LogP contribution is -2.02. The first-order valence-electron chi connectivity index (χ1n) is 11.4. The number of aromatic amines is 1. The second-order valence-corrected chi connectivity index (χ2v) is 10.2. The molecular formula is C29H22IN3O2S. The Kier molecular flexibility index (Phi) is 7.44. The maximum absolute atomic E-state index is 9.78. The van der Waals surface area contributed by atoms with Crippen LogP contribution in [0, 0.1) is 14.9 Å². The number of allylic oxidation sites excluding steroid dienone is 1. The quantitative estimate of drug-likeness (QED) is 0.111. The molecule has 4 aromatic carbocycles. The zero-order chi connectivity index (χ0) is 24.9. The summed E-state index contributed by atoms with van der Waals surface area (Å²) in [4.78, 5) is 8.35. The highest BCUT2D eigenvalue weighted by Gasteiger charge is 2.14. The third kappa shape index (κ3) is 5.35. The SMILES string of the molecule is CCOc1cc(/C=C(\C#N)Sc2nc3ccccc3[nH]2)cc(I)c1OCc1cccc2ccccc12. The monoisotopic (exact) mass is 603 g/mol. The van der Waals surface area contributed by atoms with Crippen molar-refractivity contribution in [3.8, 4) is 17.6 Å². The maximum Gasteiger partial charge on any atom is 0.175 e. The number of thioether (sulfide) groups is 1. The number of nitriles is 1. The van der Waals surface area contributed by atoms with Gasteiger partial charge in [0.05, 0.1) is 26.1 Å². The summed E-state index contributed by atoms with van der Waals surface area (Å²) in [6, 6.07) is 28.5. The molecule has 0 amide bonds. The number of ether oxygens (including phenoxy) is 2. The number of rotatable bonds is 8. The zero-order valence-corrected chi connectivity index (χ0v) is 22.5. The molecule has 5 rings (SSSR count). The van der Waals surface area contributed by atoms with Crippen molar-refractivity contribution in [1.29, 1.82) is 5.26 Å². The maximum atomic E-state index is 9.78. The highest BCUT2D eigenvalue weighted by molar-refractivity contribution is 14.1. The van der Waals surface area contributed by atoms with E-state index in [9.17, 15) is 5.26 Å². The Morgan fingerprint density at radius 3 is 2.69 bits per heavy atom. The number of aromatic nitrogens is 2. The van der Waals surface area contributed by atoms with Crippen molar-refractivity contribution in [2.45, 2.75) is 18.7 Å². The van der Waals surface area contributed by atoms with Crippen LogP contribution in [0.5, 0.6) is 11.5 Å². The smallest absolute Gasteiger partial charge is 0.175 e. The van der Waals surface area contributed by atoms with E-state index in [0.29, 0.717) is 34.8 Å². The number of fused-ring (bicyclic) bond motifs is 2. The third-order valence-electron chi connectivity index (χ3n) is 5.57. The van der Waals surface area contributed by atoms with E-state index >= 15 is 0 Å². The number of para-hydroxylation sites is 2. The van der Waals surface area contributed by atoms with E-state index in [-0.39, 0.29) is 0 Å². The van der Waals surface area contributed by atoms with Crippen LogP contribution >= 0.6 is 34.4 Å². The van der Waals surface area contributed by atoms with Gasteiger partial charge in [-0.15, -0.1) is 0 Å². The number of H-pyrrole nitrogens is 1. The molecular weight excluding hydrogens is 581 g/mol. The minimum atomic E-state index is 0.429. The van der Waals surface area contributed by atoms with Crippen LogP contribution in [0.2, 0.25) is 0 Å². The first kappa shape index (κ1) is 24.2. The molecule has 7 heteroatoms. The Balaban J connectivity index is 1.41. The van der Waals surface area contributed by atoms with Gasteiger partial charge in [-0.25, -0.2) is 4.98 Å². The van der Waals surface area contributed by atoms with E-state index < -0.39 is 0 Å². The summed E-state index contributed by atoms with van der Waals surface area (Å²) in [7, 11) is 0. The molecule has 0 atom stereocenters. The zero-order valence-electron chi connectivity index (χ0n) is 19.5. The van der Waals surface area contributed by atoms with E-state index in [0.717, 1.165) is 25.7 Å². The molecule has 1 aromatic heterocycles. The summed E-state index contributed by atoms with van der Waals surface area (Å²) in [5, 5.41) is 12.8. The Hall–Kier alpha value is -3.48. The molecule has 36 heavy (non-hydrogen) atoms. The van der Waals surface area contributed by atoms with E-state index in [1.165, 1.54) is 22.5 Å². The Labute approximate surface area is 227 Å². The number of hydrogen-bond donors (Lipinski definition) is 1. The lowest BCUT2D eigenvalue weighted by molar-refractivity contribution is 0.268. The molecule has 5 nitrogen and oxygen atoms in total. The number of nitrogens with zero attached hydrogens (tertiary/aromatic N) is 2. The molecule has 0 unspecified atom stereocenters. The number of nitrogens with one attached hydrogen (secondary N) is 1. The van der Waals surface area contributed by atoms with Crippen molar-refractivity contribution in [2.24, 2.45) is 0 Å². The Morgan fingerprint density at radius 1 is 1.06 bits per heavy atom. The fraction of sp³-hybridized carbons (Fsp3) is 0.103. The van der Waals surface area contributed by atoms with Crippen LogP contribution in [-0.4, -0.2) is 16.6 Å². The lowest BCUT2D eigenvalue weighted by Gasteiger charge is -2.16. The van der Waals surface area contributed by atoms with Crippen molar-refractivity contribution in [1.82, 2.24) is 9.97 Å². The molecule has 0 aliphatic carbocycles. The van der Waals surface area contributed by atoms with Crippen LogP contribution in [0.25, 0.3) is 27.9 Å². The fourth-order valence-corrected chi connectivity index (χ4v) is 5.50. The normalized spacial score (nSPS) is 11.5. The first-order valence-corrected chi connectivity index (χ1v) is 13.3. The highest BCUT2D eigenvalue weighted by atomic mass is 127. The number of imidazole rings is 1. The molecule has 0 saturated heterocycles. The van der Waals surface area contributed by atoms with Gasteiger partial charge in [-0.2, -0.15) is 5.26 Å². The summed E-state index contributed by atoms with van der Waals surface area (Å²) in [6.45, 7) is 2.88. The van der Waals surface area contributed by atoms with Gasteiger partial charge < -0.3 is 14.5 Å². The van der Waals surface area contributed by atoms with Crippen LogP contribution in [0.4, 0.5) is 0 Å². The van der Waals surface area contributed by atoms with Crippen LogP contribution in [0.3, 0.4) is 0 Å². The van der Waals surface area contributed by atoms with Gasteiger partial charge in [-0.05, 0) is 93.5 Å². The second kappa shape index (κ2) is 11.1. The molecule has 0 aliphatic rings. The van der Waals surface area contributed by atoms with E-state index in [1.807, 2.05) is 67.6 Å². The largest absolute Gasteiger partial charge is 0.490 e. The van der Waals surface area contributed by atoms with Gasteiger partial charge in [0.1, 0.15) is 12.7 Å². The van der Waals surface area contributed by atoms with Gasteiger partial charge in [0.25, 0.3) is 0 Å². The average Bonchev–Trinajstić information content (AvgIpc) is 3.30. The number of benzene rings is 4. The van der Waals surface area contributed by atoms with Crippen molar-refractivity contribution in [2.75, 3.05) is 6.61 Å². The minimum Gasteiger partial charge on any atom is -0.490 e. The topological polar surface area (TPSA) is 70.9 Å².